The maximum absolute atomic E-state index is 5.83. The van der Waals surface area contributed by atoms with Crippen LogP contribution in [0.1, 0.15) is 26.0 Å². The first-order valence-corrected chi connectivity index (χ1v) is 7.25. The lowest BCUT2D eigenvalue weighted by atomic mass is 10.1. The van der Waals surface area contributed by atoms with Crippen molar-refractivity contribution in [3.8, 4) is 0 Å². The third kappa shape index (κ3) is 4.30. The smallest absolute Gasteiger partial charge is 0.188 e. The average Bonchev–Trinajstić information content (AvgIpc) is 2.80. The molecule has 0 aliphatic carbocycles. The van der Waals surface area contributed by atoms with Crippen LogP contribution in [0, 0.1) is 5.92 Å². The average molecular weight is 272 g/mol. The Morgan fingerprint density at radius 1 is 1.35 bits per heavy atom. The number of nitrogens with two attached hydrogens (primary N) is 1. The molecule has 0 radical (unpaired) electrons. The molecular formula is C16H24N4. The molecule has 4 N–H and O–H groups in total. The van der Waals surface area contributed by atoms with Crippen molar-refractivity contribution in [3.63, 3.8) is 0 Å². The number of hydrogen-bond acceptors (Lipinski definition) is 1. The molecule has 1 heterocycles. The van der Waals surface area contributed by atoms with Crippen molar-refractivity contribution in [2.75, 3.05) is 13.1 Å². The van der Waals surface area contributed by atoms with Crippen LogP contribution in [-0.2, 0) is 6.42 Å². The Bertz CT molecular complexity index is 536. The van der Waals surface area contributed by atoms with E-state index in [0.717, 1.165) is 25.9 Å². The van der Waals surface area contributed by atoms with Crippen molar-refractivity contribution in [2.45, 2.75) is 26.7 Å². The van der Waals surface area contributed by atoms with Gasteiger partial charge in [0.1, 0.15) is 0 Å². The quantitative estimate of drug-likeness (QED) is 0.559. The number of benzene rings is 1. The number of guanidine groups is 1. The number of rotatable bonds is 6. The zero-order valence-electron chi connectivity index (χ0n) is 12.3. The Morgan fingerprint density at radius 2 is 2.15 bits per heavy atom. The van der Waals surface area contributed by atoms with E-state index in [1.807, 2.05) is 6.07 Å². The number of nitrogens with zero attached hydrogens (tertiary/aromatic N) is 1. The number of H-pyrrole nitrogens is 1. The van der Waals surface area contributed by atoms with Crippen molar-refractivity contribution < 1.29 is 0 Å². The van der Waals surface area contributed by atoms with Gasteiger partial charge in [0, 0.05) is 30.7 Å². The fraction of sp³-hybridized carbons (Fsp3) is 0.438. The maximum Gasteiger partial charge on any atom is 0.188 e. The van der Waals surface area contributed by atoms with E-state index in [4.69, 9.17) is 5.73 Å². The van der Waals surface area contributed by atoms with Crippen LogP contribution < -0.4 is 11.1 Å². The second-order valence-corrected chi connectivity index (χ2v) is 5.51. The summed E-state index contributed by atoms with van der Waals surface area (Å²) in [7, 11) is 0. The Morgan fingerprint density at radius 3 is 2.90 bits per heavy atom. The summed E-state index contributed by atoms with van der Waals surface area (Å²) in [5.41, 5.74) is 8.23. The van der Waals surface area contributed by atoms with Gasteiger partial charge in [0.05, 0.1) is 0 Å². The third-order valence-corrected chi connectivity index (χ3v) is 3.27. The molecule has 108 valence electrons. The van der Waals surface area contributed by atoms with E-state index in [1.54, 1.807) is 0 Å². The molecule has 0 amide bonds. The first-order chi connectivity index (χ1) is 9.65. The molecule has 0 fully saturated rings. The van der Waals surface area contributed by atoms with Crippen LogP contribution in [0.3, 0.4) is 0 Å². The molecular weight excluding hydrogens is 248 g/mol. The largest absolute Gasteiger partial charge is 0.370 e. The van der Waals surface area contributed by atoms with Crippen LogP contribution in [-0.4, -0.2) is 24.0 Å². The van der Waals surface area contributed by atoms with Gasteiger partial charge < -0.3 is 16.0 Å². The van der Waals surface area contributed by atoms with Gasteiger partial charge in [-0.3, -0.25) is 4.99 Å². The van der Waals surface area contributed by atoms with Gasteiger partial charge in [-0.25, -0.2) is 0 Å². The standard InChI is InChI=1S/C16H24N4/c1-12(2)7-9-18-16(17)19-10-8-14-11-13-5-3-4-6-15(13)20-14/h3-6,11-12,20H,7-10H2,1-2H3,(H3,17,18,19). The van der Waals surface area contributed by atoms with Crippen LogP contribution in [0.15, 0.2) is 35.3 Å². The first-order valence-electron chi connectivity index (χ1n) is 7.25. The highest BCUT2D eigenvalue weighted by atomic mass is 15.1. The highest BCUT2D eigenvalue weighted by Crippen LogP contribution is 2.14. The maximum atomic E-state index is 5.83. The van der Waals surface area contributed by atoms with E-state index in [9.17, 15) is 0 Å². The molecule has 0 saturated carbocycles. The first kappa shape index (κ1) is 14.4. The number of hydrogen-bond donors (Lipinski definition) is 3. The van der Waals surface area contributed by atoms with Gasteiger partial charge in [-0.1, -0.05) is 32.0 Å². The van der Waals surface area contributed by atoms with Gasteiger partial charge >= 0.3 is 0 Å². The summed E-state index contributed by atoms with van der Waals surface area (Å²) in [5.74, 6) is 1.21. The molecule has 0 spiro atoms. The van der Waals surface area contributed by atoms with Crippen molar-refractivity contribution in [1.82, 2.24) is 10.3 Å². The summed E-state index contributed by atoms with van der Waals surface area (Å²) in [6, 6.07) is 10.5. The van der Waals surface area contributed by atoms with Crippen molar-refractivity contribution in [3.05, 3.63) is 36.0 Å². The topological polar surface area (TPSA) is 66.2 Å². The third-order valence-electron chi connectivity index (χ3n) is 3.27. The van der Waals surface area contributed by atoms with Gasteiger partial charge in [0.15, 0.2) is 5.96 Å². The number of aliphatic imine (C=N–C) groups is 1. The number of aromatic amines is 1. The molecule has 2 rings (SSSR count). The van der Waals surface area contributed by atoms with Crippen molar-refractivity contribution >= 4 is 16.9 Å². The molecule has 4 nitrogen and oxygen atoms in total. The van der Waals surface area contributed by atoms with Gasteiger partial charge in [-0.15, -0.1) is 0 Å². The summed E-state index contributed by atoms with van der Waals surface area (Å²) in [6.45, 7) is 5.97. The Labute approximate surface area is 120 Å². The van der Waals surface area contributed by atoms with Crippen LogP contribution in [0.2, 0.25) is 0 Å². The molecule has 0 saturated heterocycles. The number of para-hydroxylation sites is 1. The minimum Gasteiger partial charge on any atom is -0.370 e. The molecule has 1 aromatic heterocycles. The number of fused-ring (bicyclic) bond motifs is 1. The number of aromatic nitrogens is 1. The summed E-state index contributed by atoms with van der Waals surface area (Å²) < 4.78 is 0. The molecule has 2 aromatic rings. The van der Waals surface area contributed by atoms with Crippen LogP contribution >= 0.6 is 0 Å². The highest BCUT2D eigenvalue weighted by molar-refractivity contribution is 5.80. The van der Waals surface area contributed by atoms with Crippen LogP contribution in [0.25, 0.3) is 10.9 Å². The minimum atomic E-state index is 0.543. The summed E-state index contributed by atoms with van der Waals surface area (Å²) in [4.78, 5) is 7.72. The minimum absolute atomic E-state index is 0.543. The van der Waals surface area contributed by atoms with Crippen molar-refractivity contribution in [2.24, 2.45) is 16.6 Å². The van der Waals surface area contributed by atoms with Crippen LogP contribution in [0.4, 0.5) is 0 Å². The molecule has 0 aliphatic heterocycles. The lowest BCUT2D eigenvalue weighted by Crippen LogP contribution is -2.33. The van der Waals surface area contributed by atoms with Gasteiger partial charge in [-0.05, 0) is 29.9 Å². The van der Waals surface area contributed by atoms with E-state index >= 15 is 0 Å². The summed E-state index contributed by atoms with van der Waals surface area (Å²) >= 11 is 0. The van der Waals surface area contributed by atoms with Crippen LogP contribution in [0.5, 0.6) is 0 Å². The Balaban J connectivity index is 1.77. The van der Waals surface area contributed by atoms with Gasteiger partial charge in [-0.2, -0.15) is 0 Å². The molecule has 0 unspecified atom stereocenters. The monoisotopic (exact) mass is 272 g/mol. The second-order valence-electron chi connectivity index (χ2n) is 5.51. The molecule has 0 atom stereocenters. The van der Waals surface area contributed by atoms with Gasteiger partial charge in [0.2, 0.25) is 0 Å². The molecule has 1 aromatic carbocycles. The normalized spacial score (nSPS) is 12.2. The second kappa shape index (κ2) is 6.98. The van der Waals surface area contributed by atoms with E-state index < -0.39 is 0 Å². The van der Waals surface area contributed by atoms with Crippen molar-refractivity contribution in [1.29, 1.82) is 0 Å². The van der Waals surface area contributed by atoms with Gasteiger partial charge in [0.25, 0.3) is 0 Å². The molecule has 20 heavy (non-hydrogen) atoms. The Kier molecular flexibility index (Phi) is 5.04. The molecule has 4 heteroatoms. The van der Waals surface area contributed by atoms with E-state index in [-0.39, 0.29) is 0 Å². The lowest BCUT2D eigenvalue weighted by molar-refractivity contribution is 0.595. The zero-order chi connectivity index (χ0) is 14.4. The number of nitrogens with one attached hydrogen (secondary N) is 2. The fourth-order valence-corrected chi connectivity index (χ4v) is 2.09. The predicted octanol–water partition coefficient (Wildman–Crippen LogP) is 2.66. The van der Waals surface area contributed by atoms with E-state index in [1.165, 1.54) is 16.6 Å². The highest BCUT2D eigenvalue weighted by Gasteiger charge is 2.00. The molecule has 0 aliphatic rings. The SMILES string of the molecule is CC(C)CCN=C(N)NCCc1cc2ccccc2[nH]1. The molecule has 0 bridgehead atoms. The zero-order valence-corrected chi connectivity index (χ0v) is 12.3. The fourth-order valence-electron chi connectivity index (χ4n) is 2.09. The Hall–Kier alpha value is -1.97. The lowest BCUT2D eigenvalue weighted by Gasteiger charge is -2.05. The summed E-state index contributed by atoms with van der Waals surface area (Å²) in [6.07, 6.45) is 1.99. The predicted molar refractivity (Wildman–Crippen MR) is 85.9 cm³/mol. The van der Waals surface area contributed by atoms with E-state index in [2.05, 4.69) is 53.4 Å². The summed E-state index contributed by atoms with van der Waals surface area (Å²) in [5, 5.41) is 4.41. The van der Waals surface area contributed by atoms with E-state index in [0.29, 0.717) is 11.9 Å².